The standard InChI is InChI=1S/C31H44N2O5/c1-4-6-7-8-9-13-21-38-31(36)28-22-25-17-14-18-27(25)33(28)29(34)23(3)32-26(30(35)37-5-2)20-19-24-15-11-10-12-16-24/h10-12,15-16,23,25-28,32H,4-7,13-14,17-22H2,1-3H3/t23-,25-,26-,27-,28-/m0/s1. The predicted octanol–water partition coefficient (Wildman–Crippen LogP) is 4.43. The first-order chi connectivity index (χ1) is 18.5. The van der Waals surface area contributed by atoms with Gasteiger partial charge in [0.15, 0.2) is 0 Å². The number of hydrogen-bond donors (Lipinski definition) is 1. The minimum absolute atomic E-state index is 0.0449. The number of aryl methyl sites for hydroxylation is 1. The summed E-state index contributed by atoms with van der Waals surface area (Å²) in [5.41, 5.74) is 1.12. The molecule has 7 heteroatoms. The van der Waals surface area contributed by atoms with Crippen molar-refractivity contribution in [2.45, 2.75) is 109 Å². The number of carbonyl (C=O) groups is 3. The summed E-state index contributed by atoms with van der Waals surface area (Å²) in [7, 11) is 0. The van der Waals surface area contributed by atoms with Crippen molar-refractivity contribution in [3.63, 3.8) is 0 Å². The average molecular weight is 525 g/mol. The van der Waals surface area contributed by atoms with Gasteiger partial charge in [0.1, 0.15) is 18.7 Å². The molecule has 0 unspecified atom stereocenters. The lowest BCUT2D eigenvalue weighted by molar-refractivity contribution is -0.155. The van der Waals surface area contributed by atoms with Crippen LogP contribution in [0.5, 0.6) is 0 Å². The van der Waals surface area contributed by atoms with Crippen LogP contribution in [0.3, 0.4) is 0 Å². The number of rotatable bonds is 13. The third-order valence-corrected chi connectivity index (χ3v) is 7.57. The van der Waals surface area contributed by atoms with Crippen molar-refractivity contribution in [3.05, 3.63) is 35.9 Å². The largest absolute Gasteiger partial charge is 0.465 e. The molecule has 1 aliphatic heterocycles. The molecular formula is C31H44N2O5. The second-order valence-electron chi connectivity index (χ2n) is 10.3. The van der Waals surface area contributed by atoms with Crippen molar-refractivity contribution in [3.8, 4) is 11.8 Å². The summed E-state index contributed by atoms with van der Waals surface area (Å²) in [4.78, 5) is 41.3. The lowest BCUT2D eigenvalue weighted by Crippen LogP contribution is -2.55. The third-order valence-electron chi connectivity index (χ3n) is 7.57. The van der Waals surface area contributed by atoms with Gasteiger partial charge < -0.3 is 14.4 Å². The smallest absolute Gasteiger partial charge is 0.328 e. The molecule has 1 N–H and O–H groups in total. The van der Waals surface area contributed by atoms with Crippen molar-refractivity contribution in [2.24, 2.45) is 5.92 Å². The molecule has 1 heterocycles. The number of amides is 1. The van der Waals surface area contributed by atoms with E-state index in [1.165, 1.54) is 0 Å². The van der Waals surface area contributed by atoms with Gasteiger partial charge in [-0.2, -0.15) is 0 Å². The highest BCUT2D eigenvalue weighted by molar-refractivity contribution is 5.89. The highest BCUT2D eigenvalue weighted by Crippen LogP contribution is 2.42. The normalized spacial score (nSPS) is 21.7. The van der Waals surface area contributed by atoms with E-state index in [4.69, 9.17) is 9.47 Å². The summed E-state index contributed by atoms with van der Waals surface area (Å²) in [6, 6.07) is 8.15. The Labute approximate surface area is 228 Å². The summed E-state index contributed by atoms with van der Waals surface area (Å²) < 4.78 is 10.9. The van der Waals surface area contributed by atoms with Gasteiger partial charge in [0.2, 0.25) is 5.91 Å². The van der Waals surface area contributed by atoms with E-state index in [1.807, 2.05) is 30.3 Å². The maximum Gasteiger partial charge on any atom is 0.328 e. The number of unbranched alkanes of at least 4 members (excludes halogenated alkanes) is 2. The van der Waals surface area contributed by atoms with E-state index < -0.39 is 18.1 Å². The molecule has 5 atom stereocenters. The zero-order chi connectivity index (χ0) is 27.3. The molecule has 1 amide bonds. The number of carbonyl (C=O) groups excluding carboxylic acids is 3. The topological polar surface area (TPSA) is 84.9 Å². The zero-order valence-corrected chi connectivity index (χ0v) is 23.2. The number of likely N-dealkylation sites (tertiary alicyclic amines) is 1. The molecule has 38 heavy (non-hydrogen) atoms. The van der Waals surface area contributed by atoms with E-state index in [1.54, 1.807) is 18.7 Å². The van der Waals surface area contributed by atoms with Crippen LogP contribution in [-0.4, -0.2) is 60.1 Å². The van der Waals surface area contributed by atoms with Gasteiger partial charge in [-0.05, 0) is 63.9 Å². The Hall–Kier alpha value is -2.85. The van der Waals surface area contributed by atoms with Gasteiger partial charge in [0.25, 0.3) is 0 Å². The maximum atomic E-state index is 13.8. The van der Waals surface area contributed by atoms with E-state index in [0.29, 0.717) is 31.6 Å². The van der Waals surface area contributed by atoms with Gasteiger partial charge in [-0.3, -0.25) is 14.9 Å². The molecule has 3 rings (SSSR count). The number of esters is 2. The van der Waals surface area contributed by atoms with E-state index in [-0.39, 0.29) is 37.1 Å². The van der Waals surface area contributed by atoms with Crippen LogP contribution in [0.25, 0.3) is 0 Å². The Morgan fingerprint density at radius 2 is 1.84 bits per heavy atom. The second kappa shape index (κ2) is 15.5. The van der Waals surface area contributed by atoms with Crippen molar-refractivity contribution in [1.82, 2.24) is 10.2 Å². The van der Waals surface area contributed by atoms with Crippen LogP contribution in [0.15, 0.2) is 30.3 Å². The number of ether oxygens (including phenoxy) is 2. The van der Waals surface area contributed by atoms with Gasteiger partial charge >= 0.3 is 11.9 Å². The zero-order valence-electron chi connectivity index (χ0n) is 23.2. The van der Waals surface area contributed by atoms with E-state index in [2.05, 4.69) is 24.1 Å². The van der Waals surface area contributed by atoms with Crippen LogP contribution in [0.2, 0.25) is 0 Å². The highest BCUT2D eigenvalue weighted by atomic mass is 16.5. The van der Waals surface area contributed by atoms with Crippen molar-refractivity contribution in [2.75, 3.05) is 13.2 Å². The second-order valence-corrected chi connectivity index (χ2v) is 10.3. The fourth-order valence-electron chi connectivity index (χ4n) is 5.62. The van der Waals surface area contributed by atoms with Crippen LogP contribution in [0.4, 0.5) is 0 Å². The molecule has 2 aliphatic rings. The number of nitrogens with one attached hydrogen (secondary N) is 1. The lowest BCUT2D eigenvalue weighted by Gasteiger charge is -2.32. The first kappa shape index (κ1) is 29.7. The van der Waals surface area contributed by atoms with Gasteiger partial charge in [0.05, 0.1) is 12.6 Å². The molecule has 0 aromatic heterocycles. The van der Waals surface area contributed by atoms with Crippen molar-refractivity contribution < 1.29 is 23.9 Å². The molecule has 208 valence electrons. The minimum atomic E-state index is -0.640. The summed E-state index contributed by atoms with van der Waals surface area (Å²) >= 11 is 0. The van der Waals surface area contributed by atoms with Crippen LogP contribution in [0.1, 0.15) is 84.1 Å². The molecule has 1 saturated heterocycles. The fourth-order valence-corrected chi connectivity index (χ4v) is 5.62. The fraction of sp³-hybridized carbons (Fsp3) is 0.645. The first-order valence-electron chi connectivity index (χ1n) is 14.4. The average Bonchev–Trinajstić information content (AvgIpc) is 3.52. The summed E-state index contributed by atoms with van der Waals surface area (Å²) in [5.74, 6) is 5.62. The van der Waals surface area contributed by atoms with Gasteiger partial charge in [-0.15, -0.1) is 5.92 Å². The summed E-state index contributed by atoms with van der Waals surface area (Å²) in [6.07, 6.45) is 8.35. The van der Waals surface area contributed by atoms with Crippen LogP contribution < -0.4 is 5.32 Å². The molecule has 1 aliphatic carbocycles. The molecule has 7 nitrogen and oxygen atoms in total. The summed E-state index contributed by atoms with van der Waals surface area (Å²) in [5, 5.41) is 3.23. The quantitative estimate of drug-likeness (QED) is 0.234. The SMILES string of the molecule is CCCCC#CCCOC(=O)[C@@H]1C[C@@H]2CCC[C@@H]2N1C(=O)[C@H](C)N[C@@H](CCc1ccccc1)C(=O)OCC. The maximum absolute atomic E-state index is 13.8. The molecule has 1 aromatic rings. The molecule has 0 spiro atoms. The Bertz CT molecular complexity index is 969. The number of benzene rings is 1. The molecule has 1 saturated carbocycles. The van der Waals surface area contributed by atoms with E-state index >= 15 is 0 Å². The Balaban J connectivity index is 1.63. The van der Waals surface area contributed by atoms with Gasteiger partial charge in [-0.1, -0.05) is 56.0 Å². The van der Waals surface area contributed by atoms with E-state index in [9.17, 15) is 14.4 Å². The first-order valence-corrected chi connectivity index (χ1v) is 14.4. The minimum Gasteiger partial charge on any atom is -0.465 e. The summed E-state index contributed by atoms with van der Waals surface area (Å²) in [6.45, 7) is 6.19. The van der Waals surface area contributed by atoms with Crippen LogP contribution >= 0.6 is 0 Å². The van der Waals surface area contributed by atoms with Gasteiger partial charge in [-0.25, -0.2) is 4.79 Å². The monoisotopic (exact) mass is 524 g/mol. The van der Waals surface area contributed by atoms with Crippen LogP contribution in [-0.2, 0) is 30.3 Å². The van der Waals surface area contributed by atoms with Crippen LogP contribution in [0, 0.1) is 17.8 Å². The Morgan fingerprint density at radius 1 is 1.08 bits per heavy atom. The van der Waals surface area contributed by atoms with Crippen molar-refractivity contribution in [1.29, 1.82) is 0 Å². The molecule has 1 aromatic carbocycles. The predicted molar refractivity (Wildman–Crippen MR) is 147 cm³/mol. The number of fused-ring (bicyclic) bond motifs is 1. The molecule has 2 fully saturated rings. The Morgan fingerprint density at radius 3 is 2.58 bits per heavy atom. The highest BCUT2D eigenvalue weighted by Gasteiger charge is 2.50. The van der Waals surface area contributed by atoms with Gasteiger partial charge in [0, 0.05) is 18.9 Å². The number of nitrogens with zero attached hydrogens (tertiary/aromatic N) is 1. The van der Waals surface area contributed by atoms with E-state index in [0.717, 1.165) is 44.1 Å². The molecular weight excluding hydrogens is 480 g/mol. The lowest BCUT2D eigenvalue weighted by atomic mass is 10.0. The van der Waals surface area contributed by atoms with Crippen molar-refractivity contribution >= 4 is 17.8 Å². The third kappa shape index (κ3) is 8.33. The number of hydrogen-bond acceptors (Lipinski definition) is 6. The Kier molecular flexibility index (Phi) is 12.1. The molecule has 0 radical (unpaired) electrons. The molecule has 0 bridgehead atoms.